The average molecular weight is 483 g/mol. The number of hydrogen-bond donors (Lipinski definition) is 3. The normalized spacial score (nSPS) is 18.1. The summed E-state index contributed by atoms with van der Waals surface area (Å²) in [5, 5.41) is 7.49. The lowest BCUT2D eigenvalue weighted by atomic mass is 9.91. The van der Waals surface area contributed by atoms with Crippen LogP contribution in [0, 0.1) is 0 Å². The molecular weight excluding hydrogens is 452 g/mol. The molecule has 0 spiro atoms. The zero-order chi connectivity index (χ0) is 23.4. The van der Waals surface area contributed by atoms with Gasteiger partial charge in [-0.25, -0.2) is 9.78 Å². The van der Waals surface area contributed by atoms with Crippen molar-refractivity contribution >= 4 is 59.0 Å². The fraction of sp³-hybridized carbons (Fsp3) is 0.375. The number of anilines is 3. The summed E-state index contributed by atoms with van der Waals surface area (Å²) in [6, 6.07) is 16.0. The van der Waals surface area contributed by atoms with Crippen LogP contribution in [0.3, 0.4) is 0 Å². The smallest absolute Gasteiger partial charge is 0.331 e. The molecule has 9 heteroatoms. The second-order valence-corrected chi connectivity index (χ2v) is 9.75. The molecule has 4 rings (SSSR count). The fourth-order valence-electron chi connectivity index (χ4n) is 4.13. The number of rotatable bonds is 6. The molecule has 174 valence electrons. The van der Waals surface area contributed by atoms with E-state index in [9.17, 15) is 4.79 Å². The lowest BCUT2D eigenvalue weighted by molar-refractivity contribution is 0.217. The van der Waals surface area contributed by atoms with Crippen LogP contribution >= 0.6 is 24.6 Å². The van der Waals surface area contributed by atoms with Gasteiger partial charge in [-0.15, -0.1) is 11.8 Å². The maximum atomic E-state index is 12.7. The number of benzene rings is 2. The Labute approximate surface area is 204 Å². The Morgan fingerprint density at radius 3 is 2.39 bits per heavy atom. The molecular formula is C24H30N6OS2. The number of nitrogens with one attached hydrogen (secondary N) is 2. The summed E-state index contributed by atoms with van der Waals surface area (Å²) in [6.45, 7) is 0. The minimum Gasteiger partial charge on any atom is -0.362 e. The van der Waals surface area contributed by atoms with Gasteiger partial charge in [0.2, 0.25) is 5.95 Å². The van der Waals surface area contributed by atoms with E-state index in [0.717, 1.165) is 53.0 Å². The largest absolute Gasteiger partial charge is 0.362 e. The van der Waals surface area contributed by atoms with Crippen LogP contribution in [0.4, 0.5) is 22.2 Å². The average Bonchev–Trinajstić information content (AvgIpc) is 2.84. The van der Waals surface area contributed by atoms with E-state index in [1.54, 1.807) is 11.8 Å². The Morgan fingerprint density at radius 2 is 1.73 bits per heavy atom. The van der Waals surface area contributed by atoms with E-state index in [4.69, 9.17) is 9.97 Å². The lowest BCUT2D eigenvalue weighted by Gasteiger charge is -2.34. The second-order valence-electron chi connectivity index (χ2n) is 8.44. The van der Waals surface area contributed by atoms with Gasteiger partial charge in [-0.1, -0.05) is 24.9 Å². The van der Waals surface area contributed by atoms with E-state index in [2.05, 4.69) is 23.4 Å². The molecule has 1 saturated carbocycles. The zero-order valence-electron chi connectivity index (χ0n) is 19.2. The SMILES string of the molecule is CSc1ccc(NC(=O)N(S)C2CCC(Nc3nc(N(C)C)c4ccccc4n3)CC2)cc1. The summed E-state index contributed by atoms with van der Waals surface area (Å²) in [5.74, 6) is 1.55. The predicted molar refractivity (Wildman–Crippen MR) is 142 cm³/mol. The van der Waals surface area contributed by atoms with Crippen LogP contribution in [0.25, 0.3) is 10.9 Å². The number of carbonyl (C=O) groups excluding carboxylic acids is 1. The zero-order valence-corrected chi connectivity index (χ0v) is 20.9. The number of urea groups is 1. The minimum absolute atomic E-state index is 0.0895. The number of fused-ring (bicyclic) bond motifs is 1. The molecule has 1 heterocycles. The molecule has 1 aliphatic carbocycles. The van der Waals surface area contributed by atoms with Crippen LogP contribution in [0.5, 0.6) is 0 Å². The quantitative estimate of drug-likeness (QED) is 0.317. The first-order chi connectivity index (χ1) is 15.9. The molecule has 2 aromatic carbocycles. The van der Waals surface area contributed by atoms with E-state index in [1.807, 2.05) is 73.8 Å². The van der Waals surface area contributed by atoms with Gasteiger partial charge in [0, 0.05) is 42.1 Å². The van der Waals surface area contributed by atoms with E-state index >= 15 is 0 Å². The Hall–Kier alpha value is -2.65. The molecule has 0 bridgehead atoms. The lowest BCUT2D eigenvalue weighted by Crippen LogP contribution is -2.40. The summed E-state index contributed by atoms with van der Waals surface area (Å²) in [7, 11) is 3.99. The number of amides is 2. The van der Waals surface area contributed by atoms with Gasteiger partial charge >= 0.3 is 6.03 Å². The molecule has 0 unspecified atom stereocenters. The van der Waals surface area contributed by atoms with Crippen LogP contribution in [0.1, 0.15) is 25.7 Å². The molecule has 33 heavy (non-hydrogen) atoms. The Bertz CT molecular complexity index is 1100. The standard InChI is InChI=1S/C24H30N6OS2/c1-29(2)22-20-6-4-5-7-21(20)27-23(28-22)25-16-8-12-18(13-9-16)30(32)24(31)26-17-10-14-19(33-3)15-11-17/h4-7,10-11,14-16,18,32H,8-9,12-13H2,1-3H3,(H,26,31)(H,25,27,28). The van der Waals surface area contributed by atoms with Crippen molar-refractivity contribution in [1.82, 2.24) is 14.3 Å². The molecule has 2 amide bonds. The van der Waals surface area contributed by atoms with Crippen molar-refractivity contribution in [1.29, 1.82) is 0 Å². The van der Waals surface area contributed by atoms with Crippen molar-refractivity contribution in [3.8, 4) is 0 Å². The maximum Gasteiger partial charge on any atom is 0.331 e. The highest BCUT2D eigenvalue weighted by atomic mass is 32.2. The molecule has 0 saturated heterocycles. The van der Waals surface area contributed by atoms with Crippen LogP contribution in [-0.2, 0) is 0 Å². The van der Waals surface area contributed by atoms with Crippen molar-refractivity contribution in [3.63, 3.8) is 0 Å². The van der Waals surface area contributed by atoms with Gasteiger partial charge in [0.15, 0.2) is 0 Å². The number of thioether (sulfide) groups is 1. The highest BCUT2D eigenvalue weighted by Gasteiger charge is 2.28. The van der Waals surface area contributed by atoms with Crippen molar-refractivity contribution < 1.29 is 4.79 Å². The topological polar surface area (TPSA) is 73.4 Å². The molecule has 1 aromatic heterocycles. The van der Waals surface area contributed by atoms with E-state index < -0.39 is 0 Å². The summed E-state index contributed by atoms with van der Waals surface area (Å²) >= 11 is 6.18. The molecule has 3 aromatic rings. The van der Waals surface area contributed by atoms with Crippen LogP contribution in [0.2, 0.25) is 0 Å². The second kappa shape index (κ2) is 10.5. The van der Waals surface area contributed by atoms with Crippen molar-refractivity contribution in [2.45, 2.75) is 42.7 Å². The van der Waals surface area contributed by atoms with E-state index in [1.165, 1.54) is 4.31 Å². The Kier molecular flexibility index (Phi) is 7.49. The van der Waals surface area contributed by atoms with Crippen LogP contribution in [-0.4, -0.2) is 52.7 Å². The number of nitrogens with zero attached hydrogens (tertiary/aromatic N) is 4. The summed E-state index contributed by atoms with van der Waals surface area (Å²) in [6.07, 6.45) is 5.61. The highest BCUT2D eigenvalue weighted by molar-refractivity contribution is 7.98. The third-order valence-electron chi connectivity index (χ3n) is 5.93. The van der Waals surface area contributed by atoms with Gasteiger partial charge < -0.3 is 15.5 Å². The number of thiol groups is 1. The van der Waals surface area contributed by atoms with Crippen molar-refractivity contribution in [2.75, 3.05) is 35.9 Å². The molecule has 0 atom stereocenters. The summed E-state index contributed by atoms with van der Waals surface area (Å²) in [5.41, 5.74) is 1.70. The van der Waals surface area contributed by atoms with E-state index in [0.29, 0.717) is 5.95 Å². The van der Waals surface area contributed by atoms with Gasteiger partial charge in [-0.2, -0.15) is 4.98 Å². The fourth-order valence-corrected chi connectivity index (χ4v) is 4.82. The summed E-state index contributed by atoms with van der Waals surface area (Å²) < 4.78 is 1.54. The van der Waals surface area contributed by atoms with Crippen LogP contribution in [0.15, 0.2) is 53.4 Å². The third-order valence-corrected chi connectivity index (χ3v) is 7.18. The van der Waals surface area contributed by atoms with Crippen LogP contribution < -0.4 is 15.5 Å². The Morgan fingerprint density at radius 1 is 1.03 bits per heavy atom. The van der Waals surface area contributed by atoms with Gasteiger partial charge in [0.05, 0.1) is 5.52 Å². The number of hydrogen-bond acceptors (Lipinski definition) is 7. The number of aromatic nitrogens is 2. The molecule has 1 fully saturated rings. The van der Waals surface area contributed by atoms with Gasteiger partial charge in [0.25, 0.3) is 0 Å². The van der Waals surface area contributed by atoms with Gasteiger partial charge in [-0.05, 0) is 68.3 Å². The molecule has 7 nitrogen and oxygen atoms in total. The number of carbonyl (C=O) groups is 1. The molecule has 2 N–H and O–H groups in total. The number of para-hydroxylation sites is 1. The highest BCUT2D eigenvalue weighted by Crippen LogP contribution is 2.29. The predicted octanol–water partition coefficient (Wildman–Crippen LogP) is 5.52. The molecule has 0 radical (unpaired) electrons. The minimum atomic E-state index is -0.194. The van der Waals surface area contributed by atoms with Crippen molar-refractivity contribution in [2.24, 2.45) is 0 Å². The van der Waals surface area contributed by atoms with E-state index in [-0.39, 0.29) is 18.1 Å². The first-order valence-corrected chi connectivity index (χ1v) is 12.7. The van der Waals surface area contributed by atoms with Crippen molar-refractivity contribution in [3.05, 3.63) is 48.5 Å². The first-order valence-electron chi connectivity index (χ1n) is 11.1. The maximum absolute atomic E-state index is 12.7. The summed E-state index contributed by atoms with van der Waals surface area (Å²) in [4.78, 5) is 25.3. The molecule has 1 aliphatic rings. The molecule has 0 aliphatic heterocycles. The van der Waals surface area contributed by atoms with Gasteiger partial charge in [-0.3, -0.25) is 4.31 Å². The third kappa shape index (κ3) is 5.65. The van der Waals surface area contributed by atoms with Gasteiger partial charge in [0.1, 0.15) is 5.82 Å². The monoisotopic (exact) mass is 482 g/mol. The first kappa shape index (κ1) is 23.5. The Balaban J connectivity index is 1.34.